The fraction of sp³-hybridized carbons (Fsp3) is 0.333. The van der Waals surface area contributed by atoms with Gasteiger partial charge < -0.3 is 15.2 Å². The zero-order valence-electron chi connectivity index (χ0n) is 13.1. The lowest BCUT2D eigenvalue weighted by Gasteiger charge is -2.16. The van der Waals surface area contributed by atoms with Gasteiger partial charge in [-0.3, -0.25) is 0 Å². The molecule has 0 aliphatic heterocycles. The van der Waals surface area contributed by atoms with E-state index in [4.69, 9.17) is 15.2 Å². The lowest BCUT2D eigenvalue weighted by molar-refractivity contribution is 0.243. The Kier molecular flexibility index (Phi) is 4.73. The van der Waals surface area contributed by atoms with E-state index in [0.717, 1.165) is 11.5 Å². The SMILES string of the molecule is CC(C)Oc1cc(Oc2ccccc2C(C)C)ccc1N. The standard InChI is InChI=1S/C18H23NO2/c1-12(2)15-7-5-6-8-17(15)21-14-9-10-16(19)18(11-14)20-13(3)4/h5-13H,19H2,1-4H3. The predicted molar refractivity (Wildman–Crippen MR) is 87.2 cm³/mol. The molecule has 0 aliphatic rings. The van der Waals surface area contributed by atoms with Gasteiger partial charge in [-0.25, -0.2) is 0 Å². The summed E-state index contributed by atoms with van der Waals surface area (Å²) in [4.78, 5) is 0. The number of hydrogen-bond acceptors (Lipinski definition) is 3. The topological polar surface area (TPSA) is 44.5 Å². The van der Waals surface area contributed by atoms with E-state index in [2.05, 4.69) is 19.9 Å². The van der Waals surface area contributed by atoms with E-state index in [1.165, 1.54) is 5.56 Å². The van der Waals surface area contributed by atoms with Crippen molar-refractivity contribution in [2.75, 3.05) is 5.73 Å². The summed E-state index contributed by atoms with van der Waals surface area (Å²) in [5, 5.41) is 0. The van der Waals surface area contributed by atoms with Crippen LogP contribution in [0.4, 0.5) is 5.69 Å². The molecule has 0 fully saturated rings. The molecule has 0 heterocycles. The molecule has 0 saturated carbocycles. The van der Waals surface area contributed by atoms with Crippen LogP contribution in [-0.4, -0.2) is 6.10 Å². The molecule has 2 rings (SSSR count). The van der Waals surface area contributed by atoms with Gasteiger partial charge in [0, 0.05) is 6.07 Å². The molecule has 112 valence electrons. The second kappa shape index (κ2) is 6.53. The maximum atomic E-state index is 6.01. The van der Waals surface area contributed by atoms with Crippen LogP contribution >= 0.6 is 0 Å². The van der Waals surface area contributed by atoms with Crippen LogP contribution < -0.4 is 15.2 Å². The molecule has 2 N–H and O–H groups in total. The number of ether oxygens (including phenoxy) is 2. The molecule has 0 amide bonds. The zero-order valence-corrected chi connectivity index (χ0v) is 13.1. The largest absolute Gasteiger partial charge is 0.489 e. The molecule has 0 saturated heterocycles. The van der Waals surface area contributed by atoms with Gasteiger partial charge in [0.05, 0.1) is 11.8 Å². The van der Waals surface area contributed by atoms with Crippen molar-refractivity contribution in [2.24, 2.45) is 0 Å². The maximum absolute atomic E-state index is 6.01. The highest BCUT2D eigenvalue weighted by Gasteiger charge is 2.10. The summed E-state index contributed by atoms with van der Waals surface area (Å²) >= 11 is 0. The van der Waals surface area contributed by atoms with E-state index >= 15 is 0 Å². The minimum atomic E-state index is 0.0745. The number of benzene rings is 2. The average Bonchev–Trinajstić information content (AvgIpc) is 2.42. The maximum Gasteiger partial charge on any atom is 0.146 e. The van der Waals surface area contributed by atoms with Crippen LogP contribution in [0.2, 0.25) is 0 Å². The van der Waals surface area contributed by atoms with Crippen LogP contribution in [0.1, 0.15) is 39.2 Å². The summed E-state index contributed by atoms with van der Waals surface area (Å²) in [5.41, 5.74) is 7.73. The molecule has 0 spiro atoms. The summed E-state index contributed by atoms with van der Waals surface area (Å²) in [6.07, 6.45) is 0.0745. The first-order valence-electron chi connectivity index (χ1n) is 7.30. The quantitative estimate of drug-likeness (QED) is 0.789. The predicted octanol–water partition coefficient (Wildman–Crippen LogP) is 4.97. The van der Waals surface area contributed by atoms with Crippen LogP contribution in [0.3, 0.4) is 0 Å². The Morgan fingerprint density at radius 2 is 1.62 bits per heavy atom. The van der Waals surface area contributed by atoms with Gasteiger partial charge in [0.25, 0.3) is 0 Å². The van der Waals surface area contributed by atoms with Crippen molar-refractivity contribution in [3.05, 3.63) is 48.0 Å². The molecule has 0 atom stereocenters. The van der Waals surface area contributed by atoms with E-state index in [0.29, 0.717) is 17.4 Å². The summed E-state index contributed by atoms with van der Waals surface area (Å²) in [6, 6.07) is 13.6. The van der Waals surface area contributed by atoms with E-state index in [1.54, 1.807) is 0 Å². The van der Waals surface area contributed by atoms with Crippen LogP contribution in [0, 0.1) is 0 Å². The molecule has 3 heteroatoms. The Morgan fingerprint density at radius 1 is 0.905 bits per heavy atom. The smallest absolute Gasteiger partial charge is 0.146 e. The third kappa shape index (κ3) is 3.91. The van der Waals surface area contributed by atoms with Crippen molar-refractivity contribution in [1.82, 2.24) is 0 Å². The minimum Gasteiger partial charge on any atom is -0.489 e. The molecular weight excluding hydrogens is 262 g/mol. The Hall–Kier alpha value is -2.16. The van der Waals surface area contributed by atoms with Gasteiger partial charge in [0.1, 0.15) is 17.2 Å². The molecule has 21 heavy (non-hydrogen) atoms. The number of nitrogen functional groups attached to an aromatic ring is 1. The van der Waals surface area contributed by atoms with Gasteiger partial charge in [-0.1, -0.05) is 32.0 Å². The summed E-state index contributed by atoms with van der Waals surface area (Å²) in [6.45, 7) is 8.25. The Balaban J connectivity index is 2.28. The lowest BCUT2D eigenvalue weighted by atomic mass is 10.0. The van der Waals surface area contributed by atoms with Gasteiger partial charge >= 0.3 is 0 Å². The van der Waals surface area contributed by atoms with Crippen molar-refractivity contribution in [2.45, 2.75) is 39.7 Å². The lowest BCUT2D eigenvalue weighted by Crippen LogP contribution is -2.07. The molecule has 0 aliphatic carbocycles. The Morgan fingerprint density at radius 3 is 2.29 bits per heavy atom. The first kappa shape index (κ1) is 15.2. The number of para-hydroxylation sites is 1. The highest BCUT2D eigenvalue weighted by molar-refractivity contribution is 5.56. The summed E-state index contributed by atoms with van der Waals surface area (Å²) < 4.78 is 11.7. The molecule has 0 bridgehead atoms. The van der Waals surface area contributed by atoms with Crippen LogP contribution in [0.25, 0.3) is 0 Å². The molecule has 2 aromatic carbocycles. The van der Waals surface area contributed by atoms with Crippen molar-refractivity contribution >= 4 is 5.69 Å². The first-order valence-corrected chi connectivity index (χ1v) is 7.30. The Labute approximate surface area is 126 Å². The van der Waals surface area contributed by atoms with Crippen molar-refractivity contribution in [3.63, 3.8) is 0 Å². The van der Waals surface area contributed by atoms with E-state index in [-0.39, 0.29) is 6.10 Å². The number of anilines is 1. The average molecular weight is 285 g/mol. The molecule has 0 radical (unpaired) electrons. The summed E-state index contributed by atoms with van der Waals surface area (Å²) in [7, 11) is 0. The highest BCUT2D eigenvalue weighted by atomic mass is 16.5. The van der Waals surface area contributed by atoms with E-state index in [9.17, 15) is 0 Å². The molecule has 0 unspecified atom stereocenters. The fourth-order valence-corrected chi connectivity index (χ4v) is 2.11. The monoisotopic (exact) mass is 285 g/mol. The van der Waals surface area contributed by atoms with Gasteiger partial charge in [-0.2, -0.15) is 0 Å². The third-order valence-electron chi connectivity index (χ3n) is 3.12. The second-order valence-corrected chi connectivity index (χ2v) is 5.66. The number of rotatable bonds is 5. The van der Waals surface area contributed by atoms with Gasteiger partial charge in [-0.15, -0.1) is 0 Å². The first-order chi connectivity index (χ1) is 9.97. The van der Waals surface area contributed by atoms with Crippen LogP contribution in [-0.2, 0) is 0 Å². The van der Waals surface area contributed by atoms with E-state index < -0.39 is 0 Å². The fourth-order valence-electron chi connectivity index (χ4n) is 2.11. The minimum absolute atomic E-state index is 0.0745. The van der Waals surface area contributed by atoms with E-state index in [1.807, 2.05) is 50.2 Å². The van der Waals surface area contributed by atoms with Crippen molar-refractivity contribution < 1.29 is 9.47 Å². The summed E-state index contributed by atoms with van der Waals surface area (Å²) in [5.74, 6) is 2.66. The number of hydrogen-bond donors (Lipinski definition) is 1. The third-order valence-corrected chi connectivity index (χ3v) is 3.12. The van der Waals surface area contributed by atoms with Crippen LogP contribution in [0.15, 0.2) is 42.5 Å². The van der Waals surface area contributed by atoms with Gasteiger partial charge in [0.15, 0.2) is 0 Å². The molecule has 0 aromatic heterocycles. The highest BCUT2D eigenvalue weighted by Crippen LogP contribution is 2.34. The normalized spacial score (nSPS) is 11.0. The Bertz CT molecular complexity index is 606. The van der Waals surface area contributed by atoms with Crippen LogP contribution in [0.5, 0.6) is 17.2 Å². The molecule has 3 nitrogen and oxygen atoms in total. The van der Waals surface area contributed by atoms with Crippen molar-refractivity contribution in [1.29, 1.82) is 0 Å². The second-order valence-electron chi connectivity index (χ2n) is 5.66. The van der Waals surface area contributed by atoms with Crippen molar-refractivity contribution in [3.8, 4) is 17.2 Å². The number of nitrogens with two attached hydrogens (primary N) is 1. The van der Waals surface area contributed by atoms with Gasteiger partial charge in [-0.05, 0) is 43.5 Å². The van der Waals surface area contributed by atoms with Gasteiger partial charge in [0.2, 0.25) is 0 Å². The zero-order chi connectivity index (χ0) is 15.4. The molecule has 2 aromatic rings. The molecular formula is C18H23NO2.